The quantitative estimate of drug-likeness (QED) is 0.677. The number of hydrazone groups is 1. The van der Waals surface area contributed by atoms with Gasteiger partial charge in [-0.15, -0.1) is 11.3 Å². The average molecular weight is 263 g/mol. The van der Waals surface area contributed by atoms with Gasteiger partial charge >= 0.3 is 0 Å². The molecule has 2 rings (SSSR count). The van der Waals surface area contributed by atoms with E-state index in [1.54, 1.807) is 17.6 Å². The van der Waals surface area contributed by atoms with Gasteiger partial charge in [0.2, 0.25) is 5.13 Å². The maximum atomic E-state index is 5.37. The van der Waals surface area contributed by atoms with Gasteiger partial charge in [0.25, 0.3) is 0 Å². The lowest BCUT2D eigenvalue weighted by Gasteiger charge is -2.13. The fourth-order valence-corrected chi connectivity index (χ4v) is 2.23. The van der Waals surface area contributed by atoms with Crippen molar-refractivity contribution in [1.82, 2.24) is 4.98 Å². The first-order valence-electron chi connectivity index (χ1n) is 5.77. The van der Waals surface area contributed by atoms with Gasteiger partial charge in [0, 0.05) is 10.8 Å². The average Bonchev–Trinajstić information content (AvgIpc) is 2.87. The molecule has 18 heavy (non-hydrogen) atoms. The van der Waals surface area contributed by atoms with E-state index in [-0.39, 0.29) is 5.41 Å². The van der Waals surface area contributed by atoms with Crippen LogP contribution in [0, 0.1) is 6.92 Å². The SMILES string of the molecule is Cc1ccc(C=NNc2nc(C(C)(C)C)cs2)o1. The van der Waals surface area contributed by atoms with Crippen LogP contribution in [0.15, 0.2) is 27.0 Å². The molecule has 0 aliphatic rings. The van der Waals surface area contributed by atoms with E-state index in [0.717, 1.165) is 22.3 Å². The molecule has 5 heteroatoms. The van der Waals surface area contributed by atoms with Gasteiger partial charge in [0.1, 0.15) is 11.5 Å². The Bertz CT molecular complexity index is 549. The minimum atomic E-state index is 0.0677. The first kappa shape index (κ1) is 12.8. The molecule has 4 nitrogen and oxygen atoms in total. The predicted octanol–water partition coefficient (Wildman–Crippen LogP) is 3.79. The lowest BCUT2D eigenvalue weighted by molar-refractivity contribution is 0.528. The number of nitrogens with one attached hydrogen (secondary N) is 1. The molecule has 2 heterocycles. The zero-order valence-corrected chi connectivity index (χ0v) is 11.8. The second kappa shape index (κ2) is 4.94. The maximum absolute atomic E-state index is 5.37. The van der Waals surface area contributed by atoms with Gasteiger partial charge in [-0.25, -0.2) is 4.98 Å². The summed E-state index contributed by atoms with van der Waals surface area (Å²) in [6, 6.07) is 3.78. The topological polar surface area (TPSA) is 50.4 Å². The van der Waals surface area contributed by atoms with Crippen LogP contribution in [0.4, 0.5) is 5.13 Å². The van der Waals surface area contributed by atoms with E-state index in [9.17, 15) is 0 Å². The molecule has 0 spiro atoms. The molecule has 96 valence electrons. The Hall–Kier alpha value is -1.62. The van der Waals surface area contributed by atoms with E-state index in [2.05, 4.69) is 41.7 Å². The van der Waals surface area contributed by atoms with E-state index in [1.807, 2.05) is 19.1 Å². The second-order valence-electron chi connectivity index (χ2n) is 5.11. The summed E-state index contributed by atoms with van der Waals surface area (Å²) in [5.41, 5.74) is 4.05. The highest BCUT2D eigenvalue weighted by Crippen LogP contribution is 2.26. The Morgan fingerprint density at radius 3 is 2.72 bits per heavy atom. The fraction of sp³-hybridized carbons (Fsp3) is 0.385. The molecule has 0 bridgehead atoms. The minimum Gasteiger partial charge on any atom is -0.460 e. The highest BCUT2D eigenvalue weighted by atomic mass is 32.1. The van der Waals surface area contributed by atoms with Crippen molar-refractivity contribution in [3.05, 3.63) is 34.7 Å². The number of aromatic nitrogens is 1. The molecule has 1 N–H and O–H groups in total. The summed E-state index contributed by atoms with van der Waals surface area (Å²) in [6.07, 6.45) is 1.64. The van der Waals surface area contributed by atoms with Gasteiger partial charge in [0.05, 0.1) is 11.9 Å². The fourth-order valence-electron chi connectivity index (χ4n) is 1.34. The maximum Gasteiger partial charge on any atom is 0.203 e. The Morgan fingerprint density at radius 2 is 2.17 bits per heavy atom. The summed E-state index contributed by atoms with van der Waals surface area (Å²) >= 11 is 1.55. The molecule has 0 unspecified atom stereocenters. The number of hydrogen-bond acceptors (Lipinski definition) is 5. The van der Waals surface area contributed by atoms with Gasteiger partial charge in [-0.1, -0.05) is 20.8 Å². The smallest absolute Gasteiger partial charge is 0.203 e. The van der Waals surface area contributed by atoms with Crippen molar-refractivity contribution in [2.75, 3.05) is 5.43 Å². The summed E-state index contributed by atoms with van der Waals surface area (Å²) in [5, 5.41) is 6.94. The number of furan rings is 1. The number of thiazole rings is 1. The highest BCUT2D eigenvalue weighted by molar-refractivity contribution is 7.13. The minimum absolute atomic E-state index is 0.0677. The summed E-state index contributed by atoms with van der Waals surface area (Å²) < 4.78 is 5.37. The zero-order valence-electron chi connectivity index (χ0n) is 11.0. The Morgan fingerprint density at radius 1 is 1.39 bits per heavy atom. The van der Waals surface area contributed by atoms with E-state index >= 15 is 0 Å². The molecule has 0 aliphatic heterocycles. The van der Waals surface area contributed by atoms with Crippen LogP contribution < -0.4 is 5.43 Å². The Kier molecular flexibility index (Phi) is 3.52. The van der Waals surface area contributed by atoms with Gasteiger partial charge in [0.15, 0.2) is 0 Å². The van der Waals surface area contributed by atoms with Crippen molar-refractivity contribution in [3.63, 3.8) is 0 Å². The predicted molar refractivity (Wildman–Crippen MR) is 75.5 cm³/mol. The molecule has 0 amide bonds. The van der Waals surface area contributed by atoms with E-state index in [0.29, 0.717) is 0 Å². The van der Waals surface area contributed by atoms with Crippen molar-refractivity contribution in [1.29, 1.82) is 0 Å². The van der Waals surface area contributed by atoms with E-state index in [1.165, 1.54) is 0 Å². The summed E-state index contributed by atoms with van der Waals surface area (Å²) in [4.78, 5) is 4.48. The van der Waals surface area contributed by atoms with Crippen LogP contribution in [-0.4, -0.2) is 11.2 Å². The van der Waals surface area contributed by atoms with Crippen LogP contribution in [-0.2, 0) is 5.41 Å². The Balaban J connectivity index is 1.98. The third-order valence-corrected chi connectivity index (χ3v) is 3.13. The number of hydrogen-bond donors (Lipinski definition) is 1. The number of anilines is 1. The largest absolute Gasteiger partial charge is 0.460 e. The molecule has 0 aromatic carbocycles. The summed E-state index contributed by atoms with van der Waals surface area (Å²) in [6.45, 7) is 8.32. The molecule has 0 saturated heterocycles. The van der Waals surface area contributed by atoms with Crippen LogP contribution in [0.5, 0.6) is 0 Å². The first-order chi connectivity index (χ1) is 8.45. The zero-order chi connectivity index (χ0) is 13.2. The molecular weight excluding hydrogens is 246 g/mol. The van der Waals surface area contributed by atoms with Crippen molar-refractivity contribution < 1.29 is 4.42 Å². The number of nitrogens with zero attached hydrogens (tertiary/aromatic N) is 2. The van der Waals surface area contributed by atoms with Crippen molar-refractivity contribution in [3.8, 4) is 0 Å². The van der Waals surface area contributed by atoms with Crippen molar-refractivity contribution in [2.24, 2.45) is 5.10 Å². The van der Waals surface area contributed by atoms with Crippen molar-refractivity contribution >= 4 is 22.7 Å². The lowest BCUT2D eigenvalue weighted by atomic mass is 9.93. The van der Waals surface area contributed by atoms with Gasteiger partial charge in [-0.3, -0.25) is 5.43 Å². The highest BCUT2D eigenvalue weighted by Gasteiger charge is 2.17. The third-order valence-electron chi connectivity index (χ3n) is 2.39. The third kappa shape index (κ3) is 3.20. The summed E-state index contributed by atoms with van der Waals surface area (Å²) in [5.74, 6) is 1.60. The van der Waals surface area contributed by atoms with Crippen LogP contribution >= 0.6 is 11.3 Å². The standard InChI is InChI=1S/C13H17N3OS/c1-9-5-6-10(17-9)7-14-16-12-15-11(8-18-12)13(2,3)4/h5-8H,1-4H3,(H,15,16). The molecule has 0 fully saturated rings. The van der Waals surface area contributed by atoms with Crippen LogP contribution in [0.1, 0.15) is 38.0 Å². The normalized spacial score (nSPS) is 12.2. The lowest BCUT2D eigenvalue weighted by Crippen LogP contribution is -2.11. The summed E-state index contributed by atoms with van der Waals surface area (Å²) in [7, 11) is 0. The Labute approximate surface area is 111 Å². The van der Waals surface area contributed by atoms with Gasteiger partial charge < -0.3 is 4.42 Å². The van der Waals surface area contributed by atoms with Crippen LogP contribution in [0.25, 0.3) is 0 Å². The van der Waals surface area contributed by atoms with Gasteiger partial charge in [-0.05, 0) is 19.1 Å². The van der Waals surface area contributed by atoms with E-state index < -0.39 is 0 Å². The molecule has 2 aromatic heterocycles. The number of aryl methyl sites for hydroxylation is 1. The van der Waals surface area contributed by atoms with Crippen molar-refractivity contribution in [2.45, 2.75) is 33.1 Å². The molecule has 0 atom stereocenters. The molecule has 0 aliphatic carbocycles. The number of rotatable bonds is 3. The monoisotopic (exact) mass is 263 g/mol. The van der Waals surface area contributed by atoms with E-state index in [4.69, 9.17) is 4.42 Å². The van der Waals surface area contributed by atoms with Crippen LogP contribution in [0.3, 0.4) is 0 Å². The molecule has 0 radical (unpaired) electrons. The molecule has 2 aromatic rings. The van der Waals surface area contributed by atoms with Gasteiger partial charge in [-0.2, -0.15) is 5.10 Å². The molecular formula is C13H17N3OS. The van der Waals surface area contributed by atoms with Crippen LogP contribution in [0.2, 0.25) is 0 Å². The second-order valence-corrected chi connectivity index (χ2v) is 5.96. The first-order valence-corrected chi connectivity index (χ1v) is 6.64. The molecule has 0 saturated carbocycles.